The van der Waals surface area contributed by atoms with Gasteiger partial charge in [0.15, 0.2) is 0 Å². The summed E-state index contributed by atoms with van der Waals surface area (Å²) in [7, 11) is 1.88. The zero-order valence-corrected chi connectivity index (χ0v) is 13.7. The van der Waals surface area contributed by atoms with Crippen LogP contribution in [0, 0.1) is 0 Å². The highest BCUT2D eigenvalue weighted by molar-refractivity contribution is 6.03. The number of nitrogens with one attached hydrogen (secondary N) is 2. The van der Waals surface area contributed by atoms with E-state index in [0.717, 1.165) is 18.5 Å². The fraction of sp³-hybridized carbons (Fsp3) is 0.556. The Morgan fingerprint density at radius 1 is 1.17 bits per heavy atom. The molecule has 3 rings (SSSR count). The number of amides is 2. The van der Waals surface area contributed by atoms with E-state index in [1.165, 1.54) is 32.1 Å². The lowest BCUT2D eigenvalue weighted by molar-refractivity contribution is -0.115. The Balaban J connectivity index is 1.70. The van der Waals surface area contributed by atoms with Crippen molar-refractivity contribution in [3.63, 3.8) is 0 Å². The quantitative estimate of drug-likeness (QED) is 0.882. The molecule has 1 fully saturated rings. The van der Waals surface area contributed by atoms with Crippen LogP contribution in [0.25, 0.3) is 0 Å². The van der Waals surface area contributed by atoms with Gasteiger partial charge >= 0.3 is 0 Å². The molecule has 0 aromatic heterocycles. The monoisotopic (exact) mass is 315 g/mol. The van der Waals surface area contributed by atoms with Crippen molar-refractivity contribution in [1.29, 1.82) is 0 Å². The summed E-state index contributed by atoms with van der Waals surface area (Å²) in [5, 5.41) is 6.01. The van der Waals surface area contributed by atoms with Crippen molar-refractivity contribution >= 4 is 23.2 Å². The smallest absolute Gasteiger partial charge is 0.251 e. The Bertz CT molecular complexity index is 592. The van der Waals surface area contributed by atoms with Crippen LogP contribution >= 0.6 is 0 Å². The van der Waals surface area contributed by atoms with Gasteiger partial charge in [0.05, 0.1) is 17.9 Å². The highest BCUT2D eigenvalue weighted by Gasteiger charge is 2.21. The first-order chi connectivity index (χ1) is 11.1. The van der Waals surface area contributed by atoms with Crippen LogP contribution < -0.4 is 15.5 Å². The molecular formula is C18H25N3O2. The lowest BCUT2D eigenvalue weighted by Gasteiger charge is -2.27. The van der Waals surface area contributed by atoms with Crippen molar-refractivity contribution in [1.82, 2.24) is 5.32 Å². The third kappa shape index (κ3) is 3.84. The SMILES string of the molecule is CN1CC(=O)Nc2cc(C(=O)NC3CCCCCCC3)ccc21. The number of benzene rings is 1. The summed E-state index contributed by atoms with van der Waals surface area (Å²) in [5.41, 5.74) is 2.28. The predicted octanol–water partition coefficient (Wildman–Crippen LogP) is 2.92. The molecule has 5 nitrogen and oxygen atoms in total. The molecule has 2 N–H and O–H groups in total. The van der Waals surface area contributed by atoms with Gasteiger partial charge < -0.3 is 15.5 Å². The van der Waals surface area contributed by atoms with E-state index in [1.807, 2.05) is 24.1 Å². The molecule has 5 heteroatoms. The van der Waals surface area contributed by atoms with Gasteiger partial charge in [-0.25, -0.2) is 0 Å². The molecule has 2 amide bonds. The van der Waals surface area contributed by atoms with E-state index in [-0.39, 0.29) is 17.9 Å². The fourth-order valence-corrected chi connectivity index (χ4v) is 3.47. The van der Waals surface area contributed by atoms with Gasteiger partial charge in [-0.1, -0.05) is 32.1 Å². The topological polar surface area (TPSA) is 61.4 Å². The van der Waals surface area contributed by atoms with Crippen molar-refractivity contribution < 1.29 is 9.59 Å². The highest BCUT2D eigenvalue weighted by atomic mass is 16.2. The Morgan fingerprint density at radius 3 is 2.61 bits per heavy atom. The van der Waals surface area contributed by atoms with E-state index in [9.17, 15) is 9.59 Å². The van der Waals surface area contributed by atoms with Crippen molar-refractivity contribution in [2.45, 2.75) is 51.0 Å². The average Bonchev–Trinajstić information content (AvgIpc) is 2.49. The van der Waals surface area contributed by atoms with Crippen LogP contribution in [0.4, 0.5) is 11.4 Å². The van der Waals surface area contributed by atoms with E-state index in [0.29, 0.717) is 17.8 Å². The van der Waals surface area contributed by atoms with Gasteiger partial charge in [-0.05, 0) is 31.0 Å². The van der Waals surface area contributed by atoms with Gasteiger partial charge in [0.25, 0.3) is 5.91 Å². The van der Waals surface area contributed by atoms with Crippen LogP contribution in [0.5, 0.6) is 0 Å². The summed E-state index contributed by atoms with van der Waals surface area (Å²) in [6.45, 7) is 0.348. The molecule has 1 aliphatic heterocycles. The maximum absolute atomic E-state index is 12.5. The van der Waals surface area contributed by atoms with Crippen molar-refractivity contribution in [3.8, 4) is 0 Å². The third-order valence-corrected chi connectivity index (χ3v) is 4.77. The molecule has 0 radical (unpaired) electrons. The van der Waals surface area contributed by atoms with E-state index >= 15 is 0 Å². The number of hydrogen-bond donors (Lipinski definition) is 2. The number of fused-ring (bicyclic) bond motifs is 1. The van der Waals surface area contributed by atoms with Crippen molar-refractivity contribution in [3.05, 3.63) is 23.8 Å². The minimum absolute atomic E-state index is 0.0409. The van der Waals surface area contributed by atoms with Gasteiger partial charge in [-0.3, -0.25) is 9.59 Å². The summed E-state index contributed by atoms with van der Waals surface area (Å²) in [5.74, 6) is -0.0848. The highest BCUT2D eigenvalue weighted by Crippen LogP contribution is 2.29. The third-order valence-electron chi connectivity index (χ3n) is 4.77. The van der Waals surface area contributed by atoms with Crippen molar-refractivity contribution in [2.24, 2.45) is 0 Å². The first kappa shape index (κ1) is 15.8. The van der Waals surface area contributed by atoms with Crippen LogP contribution in [0.3, 0.4) is 0 Å². The number of hydrogen-bond acceptors (Lipinski definition) is 3. The molecule has 0 bridgehead atoms. The normalized spacial score (nSPS) is 19.3. The second-order valence-corrected chi connectivity index (χ2v) is 6.65. The Hall–Kier alpha value is -2.04. The first-order valence-electron chi connectivity index (χ1n) is 8.59. The number of likely N-dealkylation sites (N-methyl/N-ethyl adjacent to an activating group) is 1. The Labute approximate surface area is 137 Å². The summed E-state index contributed by atoms with van der Waals surface area (Å²) in [6, 6.07) is 5.80. The number of anilines is 2. The molecule has 2 aliphatic rings. The van der Waals surface area contributed by atoms with Crippen LogP contribution in [0.2, 0.25) is 0 Å². The zero-order chi connectivity index (χ0) is 16.2. The molecular weight excluding hydrogens is 290 g/mol. The molecule has 1 aliphatic carbocycles. The number of carbonyl (C=O) groups excluding carboxylic acids is 2. The molecule has 0 saturated heterocycles. The minimum Gasteiger partial charge on any atom is -0.364 e. The summed E-state index contributed by atoms with van der Waals surface area (Å²) < 4.78 is 0. The summed E-state index contributed by atoms with van der Waals surface area (Å²) in [6.07, 6.45) is 8.37. The standard InChI is InChI=1S/C18H25N3O2/c1-21-12-17(22)20-15-11-13(9-10-16(15)21)18(23)19-14-7-5-3-2-4-6-8-14/h9-11,14H,2-8,12H2,1H3,(H,19,23)(H,20,22). The Kier molecular flexibility index (Phi) is 4.84. The molecule has 23 heavy (non-hydrogen) atoms. The number of rotatable bonds is 2. The van der Waals surface area contributed by atoms with Gasteiger partial charge in [0, 0.05) is 18.7 Å². The largest absolute Gasteiger partial charge is 0.364 e. The lowest BCUT2D eigenvalue weighted by atomic mass is 9.96. The molecule has 0 spiro atoms. The number of carbonyl (C=O) groups is 2. The van der Waals surface area contributed by atoms with Crippen LogP contribution in [0.15, 0.2) is 18.2 Å². The summed E-state index contributed by atoms with van der Waals surface area (Å²) in [4.78, 5) is 26.1. The van der Waals surface area contributed by atoms with Crippen molar-refractivity contribution in [2.75, 3.05) is 23.8 Å². The lowest BCUT2D eigenvalue weighted by Crippen LogP contribution is -2.37. The molecule has 0 unspecified atom stereocenters. The first-order valence-corrected chi connectivity index (χ1v) is 8.59. The molecule has 124 valence electrons. The molecule has 0 atom stereocenters. The van der Waals surface area contributed by atoms with Gasteiger partial charge in [0.1, 0.15) is 0 Å². The Morgan fingerprint density at radius 2 is 1.87 bits per heavy atom. The fourth-order valence-electron chi connectivity index (χ4n) is 3.47. The summed E-state index contributed by atoms with van der Waals surface area (Å²) >= 11 is 0. The van der Waals surface area contributed by atoms with Gasteiger partial charge in [-0.2, -0.15) is 0 Å². The second-order valence-electron chi connectivity index (χ2n) is 6.65. The van der Waals surface area contributed by atoms with Crippen LogP contribution in [-0.2, 0) is 4.79 Å². The van der Waals surface area contributed by atoms with E-state index < -0.39 is 0 Å². The molecule has 1 saturated carbocycles. The molecule has 1 aromatic rings. The zero-order valence-electron chi connectivity index (χ0n) is 13.7. The van der Waals surface area contributed by atoms with Gasteiger partial charge in [-0.15, -0.1) is 0 Å². The predicted molar refractivity (Wildman–Crippen MR) is 91.9 cm³/mol. The maximum Gasteiger partial charge on any atom is 0.251 e. The van der Waals surface area contributed by atoms with E-state index in [2.05, 4.69) is 10.6 Å². The molecule has 1 aromatic carbocycles. The second kappa shape index (κ2) is 7.02. The van der Waals surface area contributed by atoms with Crippen LogP contribution in [-0.4, -0.2) is 31.4 Å². The van der Waals surface area contributed by atoms with E-state index in [1.54, 1.807) is 6.07 Å². The number of nitrogens with zero attached hydrogens (tertiary/aromatic N) is 1. The molecule has 1 heterocycles. The van der Waals surface area contributed by atoms with Crippen LogP contribution in [0.1, 0.15) is 55.3 Å². The minimum atomic E-state index is -0.0439. The maximum atomic E-state index is 12.5. The van der Waals surface area contributed by atoms with Gasteiger partial charge in [0.2, 0.25) is 5.91 Å². The average molecular weight is 315 g/mol. The van der Waals surface area contributed by atoms with E-state index in [4.69, 9.17) is 0 Å².